The first-order valence-corrected chi connectivity index (χ1v) is 6.31. The summed E-state index contributed by atoms with van der Waals surface area (Å²) >= 11 is 0. The lowest BCUT2D eigenvalue weighted by Crippen LogP contribution is -2.14. The molecule has 0 atom stereocenters. The van der Waals surface area contributed by atoms with Crippen LogP contribution in [0.1, 0.15) is 52.0 Å². The molecule has 0 aliphatic heterocycles. The minimum Gasteiger partial charge on any atom is -0.508 e. The molecular weight excluding hydrogens is 196 g/mol. The topological polar surface area (TPSA) is 20.2 Å². The highest BCUT2D eigenvalue weighted by atomic mass is 16.3. The monoisotopic (exact) mass is 220 g/mol. The van der Waals surface area contributed by atoms with Crippen LogP contribution in [0.25, 0.3) is 0 Å². The van der Waals surface area contributed by atoms with Crippen molar-refractivity contribution in [1.29, 1.82) is 0 Å². The molecule has 1 nitrogen and oxygen atoms in total. The number of phenols is 1. The summed E-state index contributed by atoms with van der Waals surface area (Å²) in [5, 5.41) is 9.23. The van der Waals surface area contributed by atoms with Gasteiger partial charge in [-0.15, -0.1) is 0 Å². The quantitative estimate of drug-likeness (QED) is 0.698. The van der Waals surface area contributed by atoms with Crippen LogP contribution in [0.5, 0.6) is 5.75 Å². The minimum atomic E-state index is 0.354. The van der Waals surface area contributed by atoms with Crippen LogP contribution in [-0.4, -0.2) is 5.11 Å². The van der Waals surface area contributed by atoms with E-state index in [1.807, 2.05) is 12.1 Å². The van der Waals surface area contributed by atoms with Gasteiger partial charge in [0.1, 0.15) is 5.75 Å². The van der Waals surface area contributed by atoms with Gasteiger partial charge in [-0.3, -0.25) is 0 Å². The number of aromatic hydroxyl groups is 1. The molecule has 0 aliphatic rings. The Morgan fingerprint density at radius 1 is 1.06 bits per heavy atom. The predicted molar refractivity (Wildman–Crippen MR) is 69.7 cm³/mol. The highest BCUT2D eigenvalue weighted by Gasteiger charge is 2.17. The summed E-state index contributed by atoms with van der Waals surface area (Å²) in [4.78, 5) is 0. The number of unbranched alkanes of at least 4 members (excludes halogenated alkanes) is 2. The Morgan fingerprint density at radius 2 is 1.69 bits per heavy atom. The molecule has 1 heteroatoms. The van der Waals surface area contributed by atoms with E-state index in [1.54, 1.807) is 12.1 Å². The number of benzene rings is 1. The maximum absolute atomic E-state index is 9.23. The summed E-state index contributed by atoms with van der Waals surface area (Å²) in [7, 11) is 0. The molecule has 1 rings (SSSR count). The molecule has 16 heavy (non-hydrogen) atoms. The smallest absolute Gasteiger partial charge is 0.115 e. The molecule has 0 aromatic heterocycles. The molecule has 0 heterocycles. The standard InChI is InChI=1S/C15H24O/c1-4-5-6-11-15(2,3)12-13-7-9-14(16)10-8-13/h7-10,16H,4-6,11-12H2,1-3H3. The lowest BCUT2D eigenvalue weighted by molar-refractivity contribution is 0.318. The molecule has 90 valence electrons. The third-order valence-corrected chi connectivity index (χ3v) is 3.08. The van der Waals surface area contributed by atoms with Gasteiger partial charge in [0.2, 0.25) is 0 Å². The van der Waals surface area contributed by atoms with Crippen LogP contribution in [0.3, 0.4) is 0 Å². The van der Waals surface area contributed by atoms with Gasteiger partial charge in [0.25, 0.3) is 0 Å². The van der Waals surface area contributed by atoms with Gasteiger partial charge in [0.15, 0.2) is 0 Å². The van der Waals surface area contributed by atoms with Crippen LogP contribution in [0, 0.1) is 5.41 Å². The van der Waals surface area contributed by atoms with Gasteiger partial charge in [-0.2, -0.15) is 0 Å². The molecule has 1 N–H and O–H groups in total. The van der Waals surface area contributed by atoms with Crippen molar-refractivity contribution in [2.24, 2.45) is 5.41 Å². The van der Waals surface area contributed by atoms with Gasteiger partial charge in [0, 0.05) is 0 Å². The van der Waals surface area contributed by atoms with Crippen molar-refractivity contribution < 1.29 is 5.11 Å². The third-order valence-electron chi connectivity index (χ3n) is 3.08. The SMILES string of the molecule is CCCCCC(C)(C)Cc1ccc(O)cc1. The highest BCUT2D eigenvalue weighted by Crippen LogP contribution is 2.28. The third kappa shape index (κ3) is 4.69. The normalized spacial score (nSPS) is 11.7. The van der Waals surface area contributed by atoms with E-state index in [0.717, 1.165) is 6.42 Å². The second-order valence-electron chi connectivity index (χ2n) is 5.46. The van der Waals surface area contributed by atoms with Crippen LogP contribution in [0.4, 0.5) is 0 Å². The van der Waals surface area contributed by atoms with Crippen molar-refractivity contribution in [2.45, 2.75) is 52.9 Å². The second-order valence-corrected chi connectivity index (χ2v) is 5.46. The zero-order chi connectivity index (χ0) is 12.0. The summed E-state index contributed by atoms with van der Waals surface area (Å²) < 4.78 is 0. The van der Waals surface area contributed by atoms with Gasteiger partial charge in [-0.05, 0) is 36.0 Å². The summed E-state index contributed by atoms with van der Waals surface area (Å²) in [5.41, 5.74) is 1.69. The minimum absolute atomic E-state index is 0.354. The Bertz CT molecular complexity index is 298. The molecule has 0 saturated heterocycles. The molecule has 0 bridgehead atoms. The number of phenolic OH excluding ortho intramolecular Hbond substituents is 1. The first kappa shape index (κ1) is 13.1. The van der Waals surface area contributed by atoms with Crippen molar-refractivity contribution in [2.75, 3.05) is 0 Å². The number of rotatable bonds is 6. The van der Waals surface area contributed by atoms with E-state index in [9.17, 15) is 5.11 Å². The molecule has 0 spiro atoms. The van der Waals surface area contributed by atoms with E-state index >= 15 is 0 Å². The Labute approximate surface area is 99.5 Å². The van der Waals surface area contributed by atoms with Crippen LogP contribution in [-0.2, 0) is 6.42 Å². The lowest BCUT2D eigenvalue weighted by Gasteiger charge is -2.24. The van der Waals surface area contributed by atoms with Gasteiger partial charge in [0.05, 0.1) is 0 Å². The predicted octanol–water partition coefficient (Wildman–Crippen LogP) is 4.54. The van der Waals surface area contributed by atoms with Gasteiger partial charge in [-0.25, -0.2) is 0 Å². The van der Waals surface area contributed by atoms with Crippen molar-refractivity contribution in [3.8, 4) is 5.75 Å². The summed E-state index contributed by atoms with van der Waals surface area (Å²) in [6, 6.07) is 7.60. The fourth-order valence-corrected chi connectivity index (χ4v) is 2.11. The van der Waals surface area contributed by atoms with Crippen molar-refractivity contribution in [1.82, 2.24) is 0 Å². The molecule has 1 aromatic carbocycles. The van der Waals surface area contributed by atoms with E-state index in [1.165, 1.54) is 31.2 Å². The Morgan fingerprint density at radius 3 is 2.25 bits per heavy atom. The molecule has 0 aliphatic carbocycles. The second kappa shape index (κ2) is 5.93. The van der Waals surface area contributed by atoms with Crippen molar-refractivity contribution in [3.05, 3.63) is 29.8 Å². The molecule has 0 unspecified atom stereocenters. The van der Waals surface area contributed by atoms with E-state index < -0.39 is 0 Å². The van der Waals surface area contributed by atoms with Crippen molar-refractivity contribution in [3.63, 3.8) is 0 Å². The lowest BCUT2D eigenvalue weighted by atomic mass is 9.81. The molecular formula is C15H24O. The number of hydrogen-bond donors (Lipinski definition) is 1. The molecule has 0 amide bonds. The largest absolute Gasteiger partial charge is 0.508 e. The van der Waals surface area contributed by atoms with E-state index in [-0.39, 0.29) is 0 Å². The fourth-order valence-electron chi connectivity index (χ4n) is 2.11. The van der Waals surface area contributed by atoms with Gasteiger partial charge in [-0.1, -0.05) is 52.2 Å². The average molecular weight is 220 g/mol. The van der Waals surface area contributed by atoms with E-state index in [2.05, 4.69) is 20.8 Å². The molecule has 0 radical (unpaired) electrons. The summed E-state index contributed by atoms with van der Waals surface area (Å²) in [5.74, 6) is 0.354. The first-order chi connectivity index (χ1) is 7.53. The zero-order valence-corrected chi connectivity index (χ0v) is 10.8. The van der Waals surface area contributed by atoms with E-state index in [4.69, 9.17) is 0 Å². The molecule has 0 saturated carbocycles. The van der Waals surface area contributed by atoms with Crippen LogP contribution in [0.2, 0.25) is 0 Å². The summed E-state index contributed by atoms with van der Waals surface area (Å²) in [6.45, 7) is 6.90. The Kier molecular flexibility index (Phi) is 4.85. The summed E-state index contributed by atoms with van der Waals surface area (Å²) in [6.07, 6.45) is 6.31. The van der Waals surface area contributed by atoms with Gasteiger partial charge < -0.3 is 5.11 Å². The van der Waals surface area contributed by atoms with Crippen molar-refractivity contribution >= 4 is 0 Å². The first-order valence-electron chi connectivity index (χ1n) is 6.31. The fraction of sp³-hybridized carbons (Fsp3) is 0.600. The van der Waals surface area contributed by atoms with Gasteiger partial charge >= 0.3 is 0 Å². The maximum Gasteiger partial charge on any atom is 0.115 e. The zero-order valence-electron chi connectivity index (χ0n) is 10.8. The Balaban J connectivity index is 2.48. The molecule has 0 fully saturated rings. The molecule has 1 aromatic rings. The Hall–Kier alpha value is -0.980. The van der Waals surface area contributed by atoms with E-state index in [0.29, 0.717) is 11.2 Å². The maximum atomic E-state index is 9.23. The number of hydrogen-bond acceptors (Lipinski definition) is 1. The average Bonchev–Trinajstić information content (AvgIpc) is 2.21. The van der Waals surface area contributed by atoms with Crippen LogP contribution >= 0.6 is 0 Å². The van der Waals surface area contributed by atoms with Crippen LogP contribution in [0.15, 0.2) is 24.3 Å². The van der Waals surface area contributed by atoms with Crippen LogP contribution < -0.4 is 0 Å². The highest BCUT2D eigenvalue weighted by molar-refractivity contribution is 5.26.